The number of hydrogen-bond donors (Lipinski definition) is 0. The summed E-state index contributed by atoms with van der Waals surface area (Å²) in [6.45, 7) is 18.2. The van der Waals surface area contributed by atoms with Crippen molar-refractivity contribution in [2.24, 2.45) is 0 Å². The molecule has 0 unspecified atom stereocenters. The van der Waals surface area contributed by atoms with Crippen LogP contribution in [0.5, 0.6) is 0 Å². The zero-order chi connectivity index (χ0) is 26.8. The Kier molecular flexibility index (Phi) is 17.8. The number of benzene rings is 2. The Morgan fingerprint density at radius 2 is 1.37 bits per heavy atom. The molecule has 0 spiro atoms. The van der Waals surface area contributed by atoms with Gasteiger partial charge in [0.25, 0.3) is 0 Å². The van der Waals surface area contributed by atoms with E-state index in [9.17, 15) is 0 Å². The molecule has 208 valence electrons. The molecule has 0 amide bonds. The average Bonchev–Trinajstić information content (AvgIpc) is 3.51. The summed E-state index contributed by atoms with van der Waals surface area (Å²) in [6, 6.07) is 28.3. The van der Waals surface area contributed by atoms with Gasteiger partial charge >= 0.3 is 80.4 Å². The molecule has 0 atom stereocenters. The normalized spacial score (nSPS) is 11.4. The molecule has 0 heterocycles. The minimum atomic E-state index is 0. The quantitative estimate of drug-likeness (QED) is 0.218. The predicted octanol–water partition coefficient (Wildman–Crippen LogP) is 4.19. The molecule has 0 aliphatic heterocycles. The summed E-state index contributed by atoms with van der Waals surface area (Å²) in [6.07, 6.45) is 6.80. The van der Waals surface area contributed by atoms with Gasteiger partial charge in [-0.3, -0.25) is 0 Å². The fourth-order valence-electron chi connectivity index (χ4n) is 4.25. The van der Waals surface area contributed by atoms with Gasteiger partial charge in [-0.05, 0) is 28.4 Å². The maximum atomic E-state index is 3.67. The Morgan fingerprint density at radius 1 is 0.816 bits per heavy atom. The minimum absolute atomic E-state index is 0. The molecule has 38 heavy (non-hydrogen) atoms. The second-order valence-corrected chi connectivity index (χ2v) is 19.5. The van der Waals surface area contributed by atoms with E-state index in [1.54, 1.807) is 12.1 Å². The van der Waals surface area contributed by atoms with Gasteiger partial charge < -0.3 is 24.8 Å². The fraction of sp³-hybridized carbons (Fsp3) is 0.500. The van der Waals surface area contributed by atoms with Crippen LogP contribution < -0.4 is 24.8 Å². The molecule has 1 aliphatic rings. The van der Waals surface area contributed by atoms with Gasteiger partial charge in [0.2, 0.25) is 0 Å². The van der Waals surface area contributed by atoms with E-state index in [0.29, 0.717) is 0 Å². The van der Waals surface area contributed by atoms with Crippen molar-refractivity contribution in [2.75, 3.05) is 0 Å². The summed E-state index contributed by atoms with van der Waals surface area (Å²) in [7, 11) is 0. The SMILES string of the molecule is CC(C)(C)c1[c-]c2c(cc1)-c1ccc(C(C)(C)C)cc1C2.CCCC[Si](=[Zr+2])CCCC.[Cl-].[Cl-].c1cc[cH-]c1. The van der Waals surface area contributed by atoms with E-state index in [1.165, 1.54) is 59.1 Å². The molecule has 4 heteroatoms. The van der Waals surface area contributed by atoms with Crippen molar-refractivity contribution in [3.63, 3.8) is 0 Å². The van der Waals surface area contributed by atoms with Crippen LogP contribution in [0.2, 0.25) is 12.1 Å². The molecule has 1 aliphatic carbocycles. The van der Waals surface area contributed by atoms with Crippen LogP contribution in [0.3, 0.4) is 0 Å². The van der Waals surface area contributed by atoms with Crippen LogP contribution >= 0.6 is 0 Å². The monoisotopic (exact) mass is 644 g/mol. The fourth-order valence-corrected chi connectivity index (χ4v) is 8.67. The first-order chi connectivity index (χ1) is 17.0. The molecule has 0 bridgehead atoms. The Balaban J connectivity index is 0.000000676. The first-order valence-corrected chi connectivity index (χ1v) is 19.5. The largest absolute Gasteiger partial charge is 1.00 e. The standard InChI is InChI=1S/C21H25.C8H18Si.C5H5.2ClH.Zr/c1-20(2,3)16-7-9-18-14(12-16)11-15-13-17(21(4,5)6)8-10-19(15)18;1-3-5-7-9-8-6-4-2;1-2-4-5-3-1;;;/h7-10,12H,11H2,1-6H3;3-8H2,1-2H3;1-5H;2*1H;/q-1;;-1;;;+2/p-2. The molecule has 0 N–H and O–H groups in total. The van der Waals surface area contributed by atoms with Crippen LogP contribution in [0, 0.1) is 6.07 Å². The molecule has 4 rings (SSSR count). The number of hydrogen-bond acceptors (Lipinski definition) is 0. The molecule has 0 aromatic heterocycles. The Hall–Kier alpha value is -0.530. The van der Waals surface area contributed by atoms with Gasteiger partial charge in [-0.15, -0.1) is 11.1 Å². The molecule has 3 aromatic rings. The third-order valence-electron chi connectivity index (χ3n) is 6.68. The summed E-state index contributed by atoms with van der Waals surface area (Å²) < 4.78 is 0. The van der Waals surface area contributed by atoms with Crippen LogP contribution in [0.4, 0.5) is 0 Å². The van der Waals surface area contributed by atoms with Crippen molar-refractivity contribution in [3.8, 4) is 11.1 Å². The number of fused-ring (bicyclic) bond motifs is 3. The Labute approximate surface area is 262 Å². The zero-order valence-electron chi connectivity index (χ0n) is 25.0. The molecule has 0 saturated heterocycles. The van der Waals surface area contributed by atoms with E-state index in [0.717, 1.165) is 6.42 Å². The number of rotatable bonds is 6. The van der Waals surface area contributed by atoms with E-state index in [-0.39, 0.29) is 41.1 Å². The van der Waals surface area contributed by atoms with E-state index < -0.39 is 0 Å². The van der Waals surface area contributed by atoms with Crippen molar-refractivity contribution >= 4 is 5.43 Å². The van der Waals surface area contributed by atoms with Gasteiger partial charge in [0.15, 0.2) is 0 Å². The second kappa shape index (κ2) is 18.0. The third kappa shape index (κ3) is 12.3. The van der Waals surface area contributed by atoms with Gasteiger partial charge in [0.05, 0.1) is 0 Å². The van der Waals surface area contributed by atoms with Crippen molar-refractivity contribution in [1.29, 1.82) is 0 Å². The van der Waals surface area contributed by atoms with Crippen molar-refractivity contribution < 1.29 is 48.1 Å². The van der Waals surface area contributed by atoms with Crippen molar-refractivity contribution in [1.82, 2.24) is 0 Å². The van der Waals surface area contributed by atoms with Crippen LogP contribution in [0.25, 0.3) is 11.1 Å². The summed E-state index contributed by atoms with van der Waals surface area (Å²) in [4.78, 5) is 0. The third-order valence-corrected chi connectivity index (χ3v) is 12.3. The van der Waals surface area contributed by atoms with Gasteiger partial charge in [0.1, 0.15) is 0 Å². The van der Waals surface area contributed by atoms with E-state index in [2.05, 4.69) is 91.8 Å². The Bertz CT molecular complexity index is 984. The van der Waals surface area contributed by atoms with Crippen LogP contribution in [0.1, 0.15) is 103 Å². The molecular formula is C34H48Cl2SiZr-2. The summed E-state index contributed by atoms with van der Waals surface area (Å²) >= 11 is 1.86. The van der Waals surface area contributed by atoms with Gasteiger partial charge in [-0.1, -0.05) is 65.3 Å². The first-order valence-electron chi connectivity index (χ1n) is 13.9. The molecule has 3 aromatic carbocycles. The average molecular weight is 647 g/mol. The van der Waals surface area contributed by atoms with E-state index in [1.807, 2.05) is 53.7 Å². The minimum Gasteiger partial charge on any atom is -1.00 e. The molecule has 0 radical (unpaired) electrons. The smallest absolute Gasteiger partial charge is 0.172 e. The van der Waals surface area contributed by atoms with Crippen LogP contribution in [0.15, 0.2) is 60.7 Å². The van der Waals surface area contributed by atoms with Gasteiger partial charge in [0, 0.05) is 0 Å². The summed E-state index contributed by atoms with van der Waals surface area (Å²) in [5.74, 6) is 0. The van der Waals surface area contributed by atoms with E-state index in [4.69, 9.17) is 0 Å². The van der Waals surface area contributed by atoms with Crippen LogP contribution in [-0.2, 0) is 40.6 Å². The number of halogens is 2. The number of unbranched alkanes of at least 4 members (excludes halogenated alkanes) is 2. The van der Waals surface area contributed by atoms with Gasteiger partial charge in [-0.25, -0.2) is 12.1 Å². The maximum absolute atomic E-state index is 3.67. The van der Waals surface area contributed by atoms with Crippen molar-refractivity contribution in [2.45, 2.75) is 110 Å². The molecule has 0 saturated carbocycles. The van der Waals surface area contributed by atoms with Gasteiger partial charge in [-0.2, -0.15) is 42.0 Å². The first kappa shape index (κ1) is 37.5. The maximum Gasteiger partial charge on any atom is -0.172 e. The molecule has 0 nitrogen and oxygen atoms in total. The zero-order valence-corrected chi connectivity index (χ0v) is 29.9. The Morgan fingerprint density at radius 3 is 1.82 bits per heavy atom. The summed E-state index contributed by atoms with van der Waals surface area (Å²) in [5, 5.41) is 0. The second-order valence-electron chi connectivity index (χ2n) is 12.1. The molecule has 0 fully saturated rings. The predicted molar refractivity (Wildman–Crippen MR) is 158 cm³/mol. The topological polar surface area (TPSA) is 0 Å². The summed E-state index contributed by atoms with van der Waals surface area (Å²) in [5.41, 5.74) is 8.88. The van der Waals surface area contributed by atoms with Crippen LogP contribution in [-0.4, -0.2) is 5.43 Å². The van der Waals surface area contributed by atoms with Crippen molar-refractivity contribution in [3.05, 3.63) is 89.0 Å². The molecular weight excluding hydrogens is 599 g/mol. The van der Waals surface area contributed by atoms with E-state index >= 15 is 0 Å².